The smallest absolute Gasteiger partial charge is 0.131 e. The summed E-state index contributed by atoms with van der Waals surface area (Å²) in [5.74, 6) is 2.63. The third kappa shape index (κ3) is 4.57. The Bertz CT molecular complexity index is 1080. The molecule has 0 aliphatic heterocycles. The molecule has 5 heteroatoms. The second-order valence-corrected chi connectivity index (χ2v) is 7.80. The van der Waals surface area contributed by atoms with Crippen LogP contribution in [0.5, 0.6) is 11.5 Å². The Hall–Kier alpha value is -3.05. The van der Waals surface area contributed by atoms with Gasteiger partial charge in [0.2, 0.25) is 0 Å². The van der Waals surface area contributed by atoms with Gasteiger partial charge in [0.1, 0.15) is 21.9 Å². The van der Waals surface area contributed by atoms with Gasteiger partial charge in [0.25, 0.3) is 0 Å². The summed E-state index contributed by atoms with van der Waals surface area (Å²) in [6.07, 6.45) is 0. The zero-order valence-electron chi connectivity index (χ0n) is 17.0. The van der Waals surface area contributed by atoms with Crippen molar-refractivity contribution < 1.29 is 9.47 Å². The molecule has 152 valence electrons. The summed E-state index contributed by atoms with van der Waals surface area (Å²) in [4.78, 5) is 7.13. The number of pyridine rings is 1. The number of aromatic nitrogens is 1. The van der Waals surface area contributed by atoms with Crippen LogP contribution in [0.15, 0.2) is 83.5 Å². The summed E-state index contributed by atoms with van der Waals surface area (Å²) in [5.41, 5.74) is 2.38. The predicted molar refractivity (Wildman–Crippen MR) is 125 cm³/mol. The number of anilines is 1. The standard InChI is InChI=1S/C25H23BrN2O2/c1-29-21-11-7-18(8-12-21)16-28(17-19-9-13-22(30-2)14-10-19)24-15-20-5-3-4-6-23(20)25(26)27-24/h3-15H,16-17H2,1-2H3. The van der Waals surface area contributed by atoms with Crippen molar-refractivity contribution in [2.45, 2.75) is 13.1 Å². The monoisotopic (exact) mass is 462 g/mol. The van der Waals surface area contributed by atoms with Crippen LogP contribution in [0.25, 0.3) is 10.8 Å². The molecule has 0 aliphatic rings. The van der Waals surface area contributed by atoms with Gasteiger partial charge in [-0.1, -0.05) is 48.5 Å². The molecule has 3 aromatic carbocycles. The molecule has 0 unspecified atom stereocenters. The lowest BCUT2D eigenvalue weighted by atomic mass is 10.1. The fourth-order valence-corrected chi connectivity index (χ4v) is 3.97. The molecule has 0 spiro atoms. The SMILES string of the molecule is COc1ccc(CN(Cc2ccc(OC)cc2)c2cc3ccccc3c(Br)n2)cc1. The molecular formula is C25H23BrN2O2. The van der Waals surface area contributed by atoms with E-state index in [0.29, 0.717) is 0 Å². The molecule has 0 fully saturated rings. The van der Waals surface area contributed by atoms with E-state index in [2.05, 4.69) is 69.4 Å². The second kappa shape index (κ2) is 9.18. The van der Waals surface area contributed by atoms with Gasteiger partial charge in [-0.05, 0) is 62.8 Å². The highest BCUT2D eigenvalue weighted by molar-refractivity contribution is 9.10. The maximum atomic E-state index is 5.30. The molecule has 0 saturated heterocycles. The summed E-state index contributed by atoms with van der Waals surface area (Å²) in [6.45, 7) is 1.46. The Labute approximate surface area is 185 Å². The number of hydrogen-bond acceptors (Lipinski definition) is 4. The van der Waals surface area contributed by atoms with Crippen molar-refractivity contribution in [3.8, 4) is 11.5 Å². The highest BCUT2D eigenvalue weighted by atomic mass is 79.9. The zero-order chi connectivity index (χ0) is 20.9. The van der Waals surface area contributed by atoms with Crippen LogP contribution in [0, 0.1) is 0 Å². The molecule has 0 atom stereocenters. The summed E-state index contributed by atoms with van der Waals surface area (Å²) in [7, 11) is 3.36. The lowest BCUT2D eigenvalue weighted by molar-refractivity contribution is 0.414. The average molecular weight is 463 g/mol. The van der Waals surface area contributed by atoms with Crippen LogP contribution < -0.4 is 14.4 Å². The fourth-order valence-electron chi connectivity index (χ4n) is 3.43. The minimum absolute atomic E-state index is 0.730. The van der Waals surface area contributed by atoms with Gasteiger partial charge in [-0.2, -0.15) is 0 Å². The first-order valence-corrected chi connectivity index (χ1v) is 10.5. The second-order valence-electron chi connectivity index (χ2n) is 7.04. The van der Waals surface area contributed by atoms with E-state index in [0.717, 1.165) is 45.8 Å². The van der Waals surface area contributed by atoms with Crippen LogP contribution in [0.4, 0.5) is 5.82 Å². The van der Waals surface area contributed by atoms with E-state index < -0.39 is 0 Å². The molecule has 1 aromatic heterocycles. The van der Waals surface area contributed by atoms with E-state index in [1.165, 1.54) is 11.1 Å². The van der Waals surface area contributed by atoms with E-state index in [1.807, 2.05) is 30.3 Å². The third-order valence-corrected chi connectivity index (χ3v) is 5.67. The number of ether oxygens (including phenoxy) is 2. The molecule has 0 aliphatic carbocycles. The molecule has 0 N–H and O–H groups in total. The fraction of sp³-hybridized carbons (Fsp3) is 0.160. The number of fused-ring (bicyclic) bond motifs is 1. The minimum Gasteiger partial charge on any atom is -0.497 e. The molecule has 1 heterocycles. The van der Waals surface area contributed by atoms with Crippen LogP contribution in [-0.4, -0.2) is 19.2 Å². The highest BCUT2D eigenvalue weighted by Gasteiger charge is 2.13. The summed E-state index contributed by atoms with van der Waals surface area (Å²) in [5, 5.41) is 2.26. The largest absolute Gasteiger partial charge is 0.497 e. The molecule has 4 nitrogen and oxygen atoms in total. The number of methoxy groups -OCH3 is 2. The van der Waals surface area contributed by atoms with Crippen LogP contribution in [0.2, 0.25) is 0 Å². The number of rotatable bonds is 7. The number of nitrogens with zero attached hydrogens (tertiary/aromatic N) is 2. The molecule has 4 aromatic rings. The first-order chi connectivity index (χ1) is 14.7. The molecule has 0 saturated carbocycles. The lowest BCUT2D eigenvalue weighted by Crippen LogP contribution is -2.23. The van der Waals surface area contributed by atoms with Gasteiger partial charge in [0.15, 0.2) is 0 Å². The number of halogens is 1. The van der Waals surface area contributed by atoms with E-state index in [4.69, 9.17) is 14.5 Å². The van der Waals surface area contributed by atoms with E-state index in [9.17, 15) is 0 Å². The van der Waals surface area contributed by atoms with Crippen molar-refractivity contribution in [2.24, 2.45) is 0 Å². The van der Waals surface area contributed by atoms with Gasteiger partial charge in [-0.15, -0.1) is 0 Å². The Morgan fingerprint density at radius 1 is 0.767 bits per heavy atom. The van der Waals surface area contributed by atoms with Crippen molar-refractivity contribution in [2.75, 3.05) is 19.1 Å². The number of benzene rings is 3. The average Bonchev–Trinajstić information content (AvgIpc) is 2.79. The van der Waals surface area contributed by atoms with Gasteiger partial charge in [0.05, 0.1) is 14.2 Å². The van der Waals surface area contributed by atoms with Gasteiger partial charge in [-0.25, -0.2) is 4.98 Å². The van der Waals surface area contributed by atoms with Crippen LogP contribution in [0.3, 0.4) is 0 Å². The van der Waals surface area contributed by atoms with Crippen LogP contribution >= 0.6 is 15.9 Å². The minimum atomic E-state index is 0.730. The van der Waals surface area contributed by atoms with Crippen molar-refractivity contribution in [1.29, 1.82) is 0 Å². The van der Waals surface area contributed by atoms with E-state index >= 15 is 0 Å². The zero-order valence-corrected chi connectivity index (χ0v) is 18.6. The van der Waals surface area contributed by atoms with Gasteiger partial charge < -0.3 is 14.4 Å². The van der Waals surface area contributed by atoms with Crippen molar-refractivity contribution in [3.63, 3.8) is 0 Å². The van der Waals surface area contributed by atoms with Gasteiger partial charge in [0, 0.05) is 18.5 Å². The van der Waals surface area contributed by atoms with Crippen LogP contribution in [0.1, 0.15) is 11.1 Å². The molecular weight excluding hydrogens is 440 g/mol. The van der Waals surface area contributed by atoms with Gasteiger partial charge in [-0.3, -0.25) is 0 Å². The Morgan fingerprint density at radius 3 is 1.83 bits per heavy atom. The Kier molecular flexibility index (Phi) is 6.19. The summed E-state index contributed by atoms with van der Waals surface area (Å²) >= 11 is 3.65. The molecule has 0 bridgehead atoms. The topological polar surface area (TPSA) is 34.6 Å². The maximum Gasteiger partial charge on any atom is 0.131 e. The Balaban J connectivity index is 1.69. The molecule has 4 rings (SSSR count). The number of hydrogen-bond donors (Lipinski definition) is 0. The van der Waals surface area contributed by atoms with Crippen LogP contribution in [-0.2, 0) is 13.1 Å². The van der Waals surface area contributed by atoms with Crippen molar-refractivity contribution in [1.82, 2.24) is 4.98 Å². The molecule has 0 amide bonds. The Morgan fingerprint density at radius 2 is 1.30 bits per heavy atom. The van der Waals surface area contributed by atoms with E-state index in [-0.39, 0.29) is 0 Å². The first-order valence-electron chi connectivity index (χ1n) is 9.72. The van der Waals surface area contributed by atoms with Gasteiger partial charge >= 0.3 is 0 Å². The first kappa shape index (κ1) is 20.2. The van der Waals surface area contributed by atoms with E-state index in [1.54, 1.807) is 14.2 Å². The quantitative estimate of drug-likeness (QED) is 0.305. The predicted octanol–water partition coefficient (Wildman–Crippen LogP) is 6.22. The van der Waals surface area contributed by atoms with Crippen molar-refractivity contribution >= 4 is 32.5 Å². The molecule has 0 radical (unpaired) electrons. The highest BCUT2D eigenvalue weighted by Crippen LogP contribution is 2.29. The molecule has 30 heavy (non-hydrogen) atoms. The van der Waals surface area contributed by atoms with Crippen molar-refractivity contribution in [3.05, 3.63) is 94.6 Å². The maximum absolute atomic E-state index is 5.30. The summed E-state index contributed by atoms with van der Waals surface area (Å²) in [6, 6.07) is 26.8. The normalized spacial score (nSPS) is 10.8. The summed E-state index contributed by atoms with van der Waals surface area (Å²) < 4.78 is 11.4. The lowest BCUT2D eigenvalue weighted by Gasteiger charge is -2.25. The third-order valence-electron chi connectivity index (χ3n) is 5.07.